The third-order valence-corrected chi connectivity index (χ3v) is 7.25. The highest BCUT2D eigenvalue weighted by Gasteiger charge is 2.30. The van der Waals surface area contributed by atoms with Gasteiger partial charge in [0.25, 0.3) is 0 Å². The molecule has 14 heteroatoms. The lowest BCUT2D eigenvalue weighted by molar-refractivity contribution is -0.139. The van der Waals surface area contributed by atoms with Gasteiger partial charge in [-0.05, 0) is 55.0 Å². The quantitative estimate of drug-likeness (QED) is 0.219. The van der Waals surface area contributed by atoms with Crippen molar-refractivity contribution in [3.05, 3.63) is 89.6 Å². The van der Waals surface area contributed by atoms with Crippen LogP contribution in [0.25, 0.3) is 11.1 Å². The zero-order valence-electron chi connectivity index (χ0n) is 25.9. The third-order valence-electron chi connectivity index (χ3n) is 7.25. The molecule has 1 amide bonds. The Labute approximate surface area is 266 Å². The van der Waals surface area contributed by atoms with Crippen molar-refractivity contribution in [2.45, 2.75) is 63.5 Å². The van der Waals surface area contributed by atoms with Gasteiger partial charge in [-0.3, -0.25) is 4.99 Å². The number of imidazole rings is 1. The van der Waals surface area contributed by atoms with E-state index in [1.165, 1.54) is 12.5 Å². The summed E-state index contributed by atoms with van der Waals surface area (Å²) in [5.41, 5.74) is 10.3. The van der Waals surface area contributed by atoms with Crippen LogP contribution < -0.4 is 11.1 Å². The number of alkyl carbamates (subject to hydrolysis) is 1. The minimum absolute atomic E-state index is 0.0576. The maximum atomic E-state index is 12.6. The van der Waals surface area contributed by atoms with Crippen LogP contribution in [0.15, 0.2) is 77.8 Å². The summed E-state index contributed by atoms with van der Waals surface area (Å²) in [5.74, 6) is -2.01. The van der Waals surface area contributed by atoms with Crippen LogP contribution in [0, 0.1) is 0 Å². The van der Waals surface area contributed by atoms with Gasteiger partial charge >= 0.3 is 25.3 Å². The number of fused-ring (bicyclic) bond motifs is 3. The lowest BCUT2D eigenvalue weighted by atomic mass is 9.76. The minimum atomic E-state index is -1.43. The van der Waals surface area contributed by atoms with Gasteiger partial charge in [0.05, 0.1) is 5.69 Å². The molecule has 1 aliphatic carbocycles. The molecule has 1 aromatic heterocycles. The van der Waals surface area contributed by atoms with Crippen molar-refractivity contribution >= 4 is 31.5 Å². The van der Waals surface area contributed by atoms with Crippen LogP contribution >= 0.6 is 0 Å². The van der Waals surface area contributed by atoms with Gasteiger partial charge in [-0.1, -0.05) is 48.5 Å². The molecule has 46 heavy (non-hydrogen) atoms. The summed E-state index contributed by atoms with van der Waals surface area (Å²) < 4.78 is 11.9. The number of rotatable bonds is 9. The summed E-state index contributed by atoms with van der Waals surface area (Å²) in [6, 6.07) is 14.5. The molecule has 6 N–H and O–H groups in total. The highest BCUT2D eigenvalue weighted by atomic mass is 16.6. The number of carboxylic acid groups (broad SMARTS) is 1. The average Bonchev–Trinajstić information content (AvgIpc) is 3.75. The van der Waals surface area contributed by atoms with Gasteiger partial charge in [-0.25, -0.2) is 23.9 Å². The van der Waals surface area contributed by atoms with Gasteiger partial charge in [-0.15, -0.1) is 0 Å². The number of hydrogen-bond donors (Lipinski definition) is 5. The van der Waals surface area contributed by atoms with Crippen molar-refractivity contribution in [1.29, 1.82) is 0 Å². The van der Waals surface area contributed by atoms with E-state index in [4.69, 9.17) is 25.3 Å². The summed E-state index contributed by atoms with van der Waals surface area (Å²) in [6.45, 7) is 5.23. The standard InChI is InChI=1S/C26H27N3O6.C6H11BN2O2/c1-26(2,3)35-25(33)29-15-27-13-16(29)12-22(23(30)31)28-24(32)34-14-21-19-10-6-4-8-17(19)18-9-5-7-11-20(18)21;8-6(7(10)11)3-5-1-2-9-4-5/h4-11,13,15,21-22H,12,14H2,1-3H3,(H,28,32)(H,30,31);2,4,6,10-11H,1,3,8H2/t22-;6-/m00/s1. The molecule has 0 unspecified atom stereocenters. The van der Waals surface area contributed by atoms with E-state index in [9.17, 15) is 19.5 Å². The Balaban J connectivity index is 0.000000369. The van der Waals surface area contributed by atoms with Crippen molar-refractivity contribution in [3.63, 3.8) is 0 Å². The third kappa shape index (κ3) is 8.90. The first-order valence-electron chi connectivity index (χ1n) is 14.7. The summed E-state index contributed by atoms with van der Waals surface area (Å²) >= 11 is 0. The molecule has 242 valence electrons. The fourth-order valence-electron chi connectivity index (χ4n) is 5.07. The molecule has 0 radical (unpaired) electrons. The van der Waals surface area contributed by atoms with Crippen LogP contribution in [0.2, 0.25) is 0 Å². The lowest BCUT2D eigenvalue weighted by Gasteiger charge is -2.21. The second-order valence-electron chi connectivity index (χ2n) is 11.9. The van der Waals surface area contributed by atoms with E-state index in [0.717, 1.165) is 38.8 Å². The van der Waals surface area contributed by atoms with Gasteiger partial charge in [-0.2, -0.15) is 0 Å². The number of aromatic nitrogens is 2. The Kier molecular flexibility index (Phi) is 11.1. The molecule has 13 nitrogen and oxygen atoms in total. The van der Waals surface area contributed by atoms with Crippen LogP contribution in [-0.2, 0) is 20.7 Å². The molecule has 2 aromatic carbocycles. The second kappa shape index (κ2) is 15.0. The van der Waals surface area contributed by atoms with E-state index in [-0.39, 0.29) is 24.6 Å². The largest absolute Gasteiger partial charge is 0.480 e. The zero-order chi connectivity index (χ0) is 33.4. The molecular weight excluding hydrogens is 593 g/mol. The fraction of sp³-hybridized carbons (Fsp3) is 0.344. The van der Waals surface area contributed by atoms with E-state index >= 15 is 0 Å². The predicted octanol–water partition coefficient (Wildman–Crippen LogP) is 3.27. The number of aliphatic imine (C=N–C) groups is 1. The molecular formula is C32H38BN5O8. The summed E-state index contributed by atoms with van der Waals surface area (Å²) in [4.78, 5) is 44.6. The Bertz CT molecular complexity index is 1570. The van der Waals surface area contributed by atoms with Crippen molar-refractivity contribution in [3.8, 4) is 11.1 Å². The first-order valence-corrected chi connectivity index (χ1v) is 14.7. The Hall–Kier alpha value is -4.79. The topological polar surface area (TPSA) is 199 Å². The van der Waals surface area contributed by atoms with Gasteiger partial charge in [0.2, 0.25) is 0 Å². The number of aliphatic carboxylic acids is 1. The van der Waals surface area contributed by atoms with E-state index in [1.807, 2.05) is 48.5 Å². The number of amides is 1. The SMILES string of the molecule is CC(C)(C)OC(=O)n1cncc1C[C@H](NC(=O)OCC1c2ccccc2-c2ccccc21)C(=O)O.N[C@@H](CC1=CN=CC1)B(O)O. The first-order chi connectivity index (χ1) is 21.8. The number of carbonyl (C=O) groups is 3. The molecule has 0 saturated carbocycles. The number of nitrogens with zero attached hydrogens (tertiary/aromatic N) is 3. The van der Waals surface area contributed by atoms with Crippen molar-refractivity contribution in [2.75, 3.05) is 6.61 Å². The Morgan fingerprint density at radius 2 is 1.70 bits per heavy atom. The van der Waals surface area contributed by atoms with Crippen molar-refractivity contribution < 1.29 is 39.0 Å². The van der Waals surface area contributed by atoms with E-state index < -0.39 is 42.9 Å². The maximum absolute atomic E-state index is 12.6. The predicted molar refractivity (Wildman–Crippen MR) is 171 cm³/mol. The number of hydrogen-bond acceptors (Lipinski definition) is 10. The van der Waals surface area contributed by atoms with Crippen LogP contribution in [0.5, 0.6) is 0 Å². The van der Waals surface area contributed by atoms with Gasteiger partial charge in [0, 0.05) is 43.3 Å². The summed E-state index contributed by atoms with van der Waals surface area (Å²) in [7, 11) is -1.43. The smallest absolute Gasteiger partial charge is 0.469 e. The minimum Gasteiger partial charge on any atom is -0.480 e. The van der Waals surface area contributed by atoms with E-state index in [1.54, 1.807) is 33.2 Å². The van der Waals surface area contributed by atoms with E-state index in [0.29, 0.717) is 6.42 Å². The first kappa shape index (κ1) is 34.1. The molecule has 2 aliphatic rings. The molecule has 3 aromatic rings. The van der Waals surface area contributed by atoms with Gasteiger partial charge in [0.1, 0.15) is 24.6 Å². The van der Waals surface area contributed by atoms with Crippen molar-refractivity contribution in [1.82, 2.24) is 14.9 Å². The molecule has 5 rings (SSSR count). The maximum Gasteiger partial charge on any atom is 0.469 e. The average molecular weight is 631 g/mol. The normalized spacial score (nSPS) is 14.6. The molecule has 0 spiro atoms. The number of benzene rings is 2. The van der Waals surface area contributed by atoms with E-state index in [2.05, 4.69) is 15.3 Å². The monoisotopic (exact) mass is 631 g/mol. The number of carbonyl (C=O) groups excluding carboxylic acids is 2. The lowest BCUT2D eigenvalue weighted by Crippen LogP contribution is -2.43. The van der Waals surface area contributed by atoms with Crippen molar-refractivity contribution in [2.24, 2.45) is 10.7 Å². The zero-order valence-corrected chi connectivity index (χ0v) is 25.9. The number of carboxylic acids is 1. The number of ether oxygens (including phenoxy) is 2. The molecule has 2 atom stereocenters. The summed E-state index contributed by atoms with van der Waals surface area (Å²) in [6.07, 6.45) is 5.64. The summed E-state index contributed by atoms with van der Waals surface area (Å²) in [5, 5.41) is 29.3. The fourth-order valence-corrected chi connectivity index (χ4v) is 5.07. The highest BCUT2D eigenvalue weighted by molar-refractivity contribution is 6.43. The number of nitrogens with one attached hydrogen (secondary N) is 1. The Morgan fingerprint density at radius 3 is 2.24 bits per heavy atom. The number of nitrogens with two attached hydrogens (primary N) is 1. The van der Waals surface area contributed by atoms with Crippen LogP contribution in [0.1, 0.15) is 56.4 Å². The molecule has 0 bridgehead atoms. The molecule has 1 aliphatic heterocycles. The second-order valence-corrected chi connectivity index (χ2v) is 11.9. The highest BCUT2D eigenvalue weighted by Crippen LogP contribution is 2.44. The van der Waals surface area contributed by atoms with Crippen LogP contribution in [0.3, 0.4) is 0 Å². The molecule has 0 saturated heterocycles. The Morgan fingerprint density at radius 1 is 1.07 bits per heavy atom. The molecule has 0 fully saturated rings. The van der Waals surface area contributed by atoms with Crippen LogP contribution in [0.4, 0.5) is 9.59 Å². The van der Waals surface area contributed by atoms with Gasteiger partial charge < -0.3 is 35.7 Å². The molecule has 2 heterocycles. The van der Waals surface area contributed by atoms with Gasteiger partial charge in [0.15, 0.2) is 0 Å². The van der Waals surface area contributed by atoms with Crippen LogP contribution in [-0.4, -0.2) is 80.4 Å².